The van der Waals surface area contributed by atoms with Crippen LogP contribution in [0.2, 0.25) is 0 Å². The summed E-state index contributed by atoms with van der Waals surface area (Å²) >= 11 is 0. The molecular weight excluding hydrogens is 456 g/mol. The molecule has 3 unspecified atom stereocenters. The molecule has 4 rings (SSSR count). The molecule has 2 aromatic rings. The monoisotopic (exact) mass is 500 g/mol. The second kappa shape index (κ2) is 11.8. The van der Waals surface area contributed by atoms with Crippen LogP contribution >= 0.6 is 0 Å². The van der Waals surface area contributed by atoms with E-state index in [0.717, 1.165) is 32.4 Å². The van der Waals surface area contributed by atoms with E-state index in [9.17, 15) is 4.79 Å². The first-order valence-electron chi connectivity index (χ1n) is 13.8. The van der Waals surface area contributed by atoms with Crippen molar-refractivity contribution in [2.45, 2.75) is 44.6 Å². The molecule has 1 saturated carbocycles. The molecule has 2 aromatic carbocycles. The Balaban J connectivity index is 2.00. The SMILES string of the molecule is CCC(=O)OC1(Cc2ccccc2)C2=CC=CCC2CC(Cc2ccccc2)C1(CN(C)C)CN(C)C. The Hall–Kier alpha value is -2.69. The molecule has 4 heteroatoms. The van der Waals surface area contributed by atoms with Crippen LogP contribution in [0.15, 0.2) is 84.5 Å². The molecule has 0 saturated heterocycles. The van der Waals surface area contributed by atoms with E-state index in [1.54, 1.807) is 0 Å². The highest BCUT2D eigenvalue weighted by molar-refractivity contribution is 5.70. The van der Waals surface area contributed by atoms with E-state index < -0.39 is 5.60 Å². The van der Waals surface area contributed by atoms with Crippen LogP contribution in [0.3, 0.4) is 0 Å². The fraction of sp³-hybridized carbons (Fsp3) is 0.485. The number of hydrogen-bond acceptors (Lipinski definition) is 4. The zero-order chi connectivity index (χ0) is 26.5. The van der Waals surface area contributed by atoms with Gasteiger partial charge in [-0.25, -0.2) is 0 Å². The van der Waals surface area contributed by atoms with E-state index in [1.165, 1.54) is 16.7 Å². The lowest BCUT2D eigenvalue weighted by atomic mass is 9.49. The number of nitrogens with zero attached hydrogens (tertiary/aromatic N) is 2. The third kappa shape index (κ3) is 5.76. The topological polar surface area (TPSA) is 32.8 Å². The number of hydrogen-bond donors (Lipinski definition) is 0. The Bertz CT molecular complexity index is 1080. The van der Waals surface area contributed by atoms with E-state index in [1.807, 2.05) is 6.92 Å². The van der Waals surface area contributed by atoms with E-state index >= 15 is 0 Å². The maximum Gasteiger partial charge on any atom is 0.306 e. The van der Waals surface area contributed by atoms with Gasteiger partial charge < -0.3 is 14.5 Å². The van der Waals surface area contributed by atoms with E-state index in [-0.39, 0.29) is 11.4 Å². The maximum atomic E-state index is 13.4. The Morgan fingerprint density at radius 2 is 1.51 bits per heavy atom. The second-order valence-electron chi connectivity index (χ2n) is 11.6. The summed E-state index contributed by atoms with van der Waals surface area (Å²) in [5.41, 5.74) is 2.80. The van der Waals surface area contributed by atoms with Gasteiger partial charge in [0.1, 0.15) is 5.60 Å². The van der Waals surface area contributed by atoms with Crippen molar-refractivity contribution < 1.29 is 9.53 Å². The van der Waals surface area contributed by atoms with Gasteiger partial charge in [0.2, 0.25) is 0 Å². The fourth-order valence-electron chi connectivity index (χ4n) is 7.05. The van der Waals surface area contributed by atoms with Crippen LogP contribution in [-0.4, -0.2) is 62.7 Å². The van der Waals surface area contributed by atoms with E-state index in [2.05, 4.69) is 117 Å². The molecule has 0 bridgehead atoms. The molecule has 1 fully saturated rings. The third-order valence-corrected chi connectivity index (χ3v) is 8.29. The minimum absolute atomic E-state index is 0.118. The molecule has 0 aliphatic heterocycles. The normalized spacial score (nSPS) is 24.6. The molecule has 2 aliphatic carbocycles. The number of carbonyl (C=O) groups excluding carboxylic acids is 1. The number of esters is 1. The fourth-order valence-corrected chi connectivity index (χ4v) is 7.05. The molecule has 37 heavy (non-hydrogen) atoms. The molecule has 0 N–H and O–H groups in total. The Labute approximate surface area is 224 Å². The first-order chi connectivity index (χ1) is 17.8. The number of benzene rings is 2. The highest BCUT2D eigenvalue weighted by atomic mass is 16.6. The van der Waals surface area contributed by atoms with Gasteiger partial charge in [0.05, 0.1) is 0 Å². The molecule has 0 heterocycles. The number of rotatable bonds is 10. The largest absolute Gasteiger partial charge is 0.453 e. The Morgan fingerprint density at radius 1 is 0.919 bits per heavy atom. The highest BCUT2D eigenvalue weighted by Gasteiger charge is 2.64. The van der Waals surface area contributed by atoms with E-state index in [0.29, 0.717) is 24.7 Å². The zero-order valence-electron chi connectivity index (χ0n) is 23.3. The summed E-state index contributed by atoms with van der Waals surface area (Å²) in [6.45, 7) is 3.58. The summed E-state index contributed by atoms with van der Waals surface area (Å²) in [5, 5.41) is 0. The highest BCUT2D eigenvalue weighted by Crippen LogP contribution is 2.59. The Morgan fingerprint density at radius 3 is 2.08 bits per heavy atom. The van der Waals surface area contributed by atoms with Gasteiger partial charge in [0, 0.05) is 31.3 Å². The minimum atomic E-state index is -0.747. The van der Waals surface area contributed by atoms with Crippen LogP contribution in [0, 0.1) is 17.3 Å². The average Bonchev–Trinajstić information content (AvgIpc) is 2.87. The first-order valence-corrected chi connectivity index (χ1v) is 13.8. The predicted molar refractivity (Wildman–Crippen MR) is 152 cm³/mol. The molecule has 4 nitrogen and oxygen atoms in total. The van der Waals surface area contributed by atoms with E-state index in [4.69, 9.17) is 4.74 Å². The summed E-state index contributed by atoms with van der Waals surface area (Å²) in [7, 11) is 8.64. The average molecular weight is 501 g/mol. The third-order valence-electron chi connectivity index (χ3n) is 8.29. The summed E-state index contributed by atoms with van der Waals surface area (Å²) in [4.78, 5) is 18.0. The first kappa shape index (κ1) is 27.3. The molecule has 0 aromatic heterocycles. The predicted octanol–water partition coefficient (Wildman–Crippen LogP) is 5.80. The van der Waals surface area contributed by atoms with Crippen LogP contribution in [0.1, 0.15) is 37.3 Å². The number of fused-ring (bicyclic) bond motifs is 1. The van der Waals surface area contributed by atoms with Crippen molar-refractivity contribution in [3.63, 3.8) is 0 Å². The molecular formula is C33H44N2O2. The summed E-state index contributed by atoms with van der Waals surface area (Å²) in [6.07, 6.45) is 10.8. The van der Waals surface area contributed by atoms with Crippen LogP contribution < -0.4 is 0 Å². The van der Waals surface area contributed by atoms with Crippen LogP contribution in [0.5, 0.6) is 0 Å². The van der Waals surface area contributed by atoms with Gasteiger partial charge in [0.15, 0.2) is 0 Å². The van der Waals surface area contributed by atoms with Gasteiger partial charge in [-0.15, -0.1) is 0 Å². The molecule has 198 valence electrons. The summed E-state index contributed by atoms with van der Waals surface area (Å²) in [6, 6.07) is 21.5. The van der Waals surface area contributed by atoms with Crippen molar-refractivity contribution in [2.24, 2.45) is 17.3 Å². The van der Waals surface area contributed by atoms with Crippen LogP contribution in [0.4, 0.5) is 0 Å². The lowest BCUT2D eigenvalue weighted by Gasteiger charge is -2.61. The maximum absolute atomic E-state index is 13.4. The Kier molecular flexibility index (Phi) is 8.71. The molecule has 2 aliphatic rings. The van der Waals surface area contributed by atoms with Gasteiger partial charge in [0.25, 0.3) is 0 Å². The number of ether oxygens (including phenoxy) is 1. The van der Waals surface area contributed by atoms with Crippen LogP contribution in [-0.2, 0) is 22.4 Å². The molecule has 3 atom stereocenters. The molecule has 0 spiro atoms. The molecule has 0 radical (unpaired) electrons. The summed E-state index contributed by atoms with van der Waals surface area (Å²) < 4.78 is 6.89. The zero-order valence-corrected chi connectivity index (χ0v) is 23.3. The van der Waals surface area contributed by atoms with Gasteiger partial charge in [-0.1, -0.05) is 85.8 Å². The van der Waals surface area contributed by atoms with Gasteiger partial charge in [-0.2, -0.15) is 0 Å². The van der Waals surface area contributed by atoms with Crippen molar-refractivity contribution in [1.29, 1.82) is 0 Å². The second-order valence-corrected chi connectivity index (χ2v) is 11.6. The van der Waals surface area contributed by atoms with Gasteiger partial charge in [-0.05, 0) is 76.0 Å². The van der Waals surface area contributed by atoms with Crippen LogP contribution in [0.25, 0.3) is 0 Å². The quantitative estimate of drug-likeness (QED) is 0.386. The van der Waals surface area contributed by atoms with Crippen molar-refractivity contribution in [2.75, 3.05) is 41.3 Å². The molecule has 0 amide bonds. The number of allylic oxidation sites excluding steroid dienone is 3. The minimum Gasteiger partial charge on any atom is -0.453 e. The number of carbonyl (C=O) groups is 1. The standard InChI is InChI=1S/C33H44N2O2/c1-6-31(36)37-33(23-27-17-11-8-12-18-27)30-20-14-13-19-28(30)22-29(21-26-15-9-7-10-16-26)32(33,24-34(2)3)25-35(4)5/h7-18,20,28-29H,6,19,21-25H2,1-5H3. The smallest absolute Gasteiger partial charge is 0.306 e. The lowest BCUT2D eigenvalue weighted by Crippen LogP contribution is -2.68. The van der Waals surface area contributed by atoms with Crippen molar-refractivity contribution >= 4 is 5.97 Å². The van der Waals surface area contributed by atoms with Crippen molar-refractivity contribution in [1.82, 2.24) is 9.80 Å². The van der Waals surface area contributed by atoms with Gasteiger partial charge in [-0.3, -0.25) is 4.79 Å². The summed E-state index contributed by atoms with van der Waals surface area (Å²) in [5.74, 6) is 0.582. The van der Waals surface area contributed by atoms with Gasteiger partial charge >= 0.3 is 5.97 Å². The van der Waals surface area contributed by atoms with Crippen molar-refractivity contribution in [3.05, 3.63) is 95.6 Å². The lowest BCUT2D eigenvalue weighted by molar-refractivity contribution is -0.191. The van der Waals surface area contributed by atoms with Crippen molar-refractivity contribution in [3.8, 4) is 0 Å².